The molecule has 0 radical (unpaired) electrons. The van der Waals surface area contributed by atoms with Gasteiger partial charge in [0.15, 0.2) is 0 Å². The first-order valence-electron chi connectivity index (χ1n) is 6.38. The van der Waals surface area contributed by atoms with Crippen molar-refractivity contribution in [1.82, 2.24) is 0 Å². The third-order valence-electron chi connectivity index (χ3n) is 3.56. The van der Waals surface area contributed by atoms with Gasteiger partial charge in [0.25, 0.3) is 0 Å². The molecule has 5 heteroatoms. The number of carboxylic acids is 1. The lowest BCUT2D eigenvalue weighted by molar-refractivity contribution is -0.136. The number of hydrogen-bond donors (Lipinski definition) is 2. The first-order valence-corrected chi connectivity index (χ1v) is 6.38. The molecule has 0 bridgehead atoms. The third kappa shape index (κ3) is 2.93. The van der Waals surface area contributed by atoms with Gasteiger partial charge in [-0.05, 0) is 25.0 Å². The van der Waals surface area contributed by atoms with Gasteiger partial charge in [0.05, 0.1) is 11.8 Å². The summed E-state index contributed by atoms with van der Waals surface area (Å²) in [6, 6.07) is 9.15. The Labute approximate surface area is 112 Å². The standard InChI is InChI=1S/C14H18N2O3/c15-10-14(7-8-14)13(19)16(9-6-12(17)18)11-4-2-1-3-5-11/h1-5H,6-10,15H2,(H,17,18). The molecule has 1 saturated carbocycles. The van der Waals surface area contributed by atoms with Gasteiger partial charge < -0.3 is 15.7 Å². The summed E-state index contributed by atoms with van der Waals surface area (Å²) in [4.78, 5) is 24.8. The number of benzene rings is 1. The van der Waals surface area contributed by atoms with Crippen LogP contribution in [-0.2, 0) is 9.59 Å². The topological polar surface area (TPSA) is 83.6 Å². The molecule has 19 heavy (non-hydrogen) atoms. The van der Waals surface area contributed by atoms with Gasteiger partial charge in [0.2, 0.25) is 5.91 Å². The number of carbonyl (C=O) groups is 2. The Kier molecular flexibility index (Phi) is 3.85. The van der Waals surface area contributed by atoms with E-state index in [1.165, 1.54) is 0 Å². The molecule has 102 valence electrons. The summed E-state index contributed by atoms with van der Waals surface area (Å²) in [5.74, 6) is -0.964. The van der Waals surface area contributed by atoms with Gasteiger partial charge in [-0.1, -0.05) is 18.2 Å². The highest BCUT2D eigenvalue weighted by Crippen LogP contribution is 2.46. The van der Waals surface area contributed by atoms with Crippen LogP contribution < -0.4 is 10.6 Å². The molecule has 0 atom stereocenters. The number of carboxylic acid groups (broad SMARTS) is 1. The maximum atomic E-state index is 12.5. The van der Waals surface area contributed by atoms with E-state index in [1.807, 2.05) is 30.3 Å². The van der Waals surface area contributed by atoms with Crippen LogP contribution in [0.2, 0.25) is 0 Å². The molecule has 5 nitrogen and oxygen atoms in total. The van der Waals surface area contributed by atoms with Crippen LogP contribution in [0.4, 0.5) is 5.69 Å². The predicted octanol–water partition coefficient (Wildman–Crippen LogP) is 1.23. The number of aliphatic carboxylic acids is 1. The molecular weight excluding hydrogens is 244 g/mol. The molecule has 2 rings (SSSR count). The average molecular weight is 262 g/mol. The van der Waals surface area contributed by atoms with Gasteiger partial charge >= 0.3 is 5.97 Å². The second kappa shape index (κ2) is 5.40. The van der Waals surface area contributed by atoms with Crippen molar-refractivity contribution in [2.45, 2.75) is 19.3 Å². The zero-order valence-corrected chi connectivity index (χ0v) is 10.7. The highest BCUT2D eigenvalue weighted by Gasteiger charge is 2.50. The summed E-state index contributed by atoms with van der Waals surface area (Å²) >= 11 is 0. The maximum absolute atomic E-state index is 12.5. The molecule has 0 heterocycles. The zero-order chi connectivity index (χ0) is 13.9. The minimum atomic E-state index is -0.911. The molecule has 0 unspecified atom stereocenters. The van der Waals surface area contributed by atoms with Crippen LogP contribution in [0, 0.1) is 5.41 Å². The van der Waals surface area contributed by atoms with Crippen molar-refractivity contribution in [1.29, 1.82) is 0 Å². The van der Waals surface area contributed by atoms with Gasteiger partial charge in [-0.15, -0.1) is 0 Å². The van der Waals surface area contributed by atoms with Crippen LogP contribution in [0.25, 0.3) is 0 Å². The fourth-order valence-electron chi connectivity index (χ4n) is 2.11. The molecule has 0 aliphatic heterocycles. The van der Waals surface area contributed by atoms with Crippen molar-refractivity contribution in [3.8, 4) is 0 Å². The molecule has 1 amide bonds. The Bertz CT molecular complexity index is 469. The molecule has 1 aliphatic carbocycles. The quantitative estimate of drug-likeness (QED) is 0.807. The Morgan fingerprint density at radius 2 is 1.89 bits per heavy atom. The van der Waals surface area contributed by atoms with E-state index >= 15 is 0 Å². The second-order valence-electron chi connectivity index (χ2n) is 4.92. The summed E-state index contributed by atoms with van der Waals surface area (Å²) in [7, 11) is 0. The van der Waals surface area contributed by atoms with E-state index in [0.29, 0.717) is 6.54 Å². The number of amides is 1. The number of nitrogens with zero attached hydrogens (tertiary/aromatic N) is 1. The van der Waals surface area contributed by atoms with Gasteiger partial charge in [-0.3, -0.25) is 9.59 Å². The van der Waals surface area contributed by atoms with E-state index in [4.69, 9.17) is 10.8 Å². The van der Waals surface area contributed by atoms with Gasteiger partial charge in [0, 0.05) is 18.8 Å². The monoisotopic (exact) mass is 262 g/mol. The number of nitrogens with two attached hydrogens (primary N) is 1. The minimum Gasteiger partial charge on any atom is -0.481 e. The van der Waals surface area contributed by atoms with E-state index in [9.17, 15) is 9.59 Å². The Balaban J connectivity index is 2.19. The van der Waals surface area contributed by atoms with Crippen molar-refractivity contribution in [3.63, 3.8) is 0 Å². The van der Waals surface area contributed by atoms with Crippen LogP contribution in [0.15, 0.2) is 30.3 Å². The Hall–Kier alpha value is -1.88. The highest BCUT2D eigenvalue weighted by molar-refractivity contribution is 5.99. The van der Waals surface area contributed by atoms with E-state index in [2.05, 4.69) is 0 Å². The largest absolute Gasteiger partial charge is 0.481 e. The first kappa shape index (κ1) is 13.5. The summed E-state index contributed by atoms with van der Waals surface area (Å²) < 4.78 is 0. The summed E-state index contributed by atoms with van der Waals surface area (Å²) in [6.45, 7) is 0.502. The first-order chi connectivity index (χ1) is 9.09. The molecule has 1 aromatic carbocycles. The summed E-state index contributed by atoms with van der Waals surface area (Å²) in [5.41, 5.74) is 5.94. The zero-order valence-electron chi connectivity index (χ0n) is 10.7. The lowest BCUT2D eigenvalue weighted by atomic mass is 10.0. The Morgan fingerprint density at radius 3 is 2.37 bits per heavy atom. The highest BCUT2D eigenvalue weighted by atomic mass is 16.4. The van der Waals surface area contributed by atoms with Crippen molar-refractivity contribution in [3.05, 3.63) is 30.3 Å². The van der Waals surface area contributed by atoms with Crippen LogP contribution in [0.1, 0.15) is 19.3 Å². The molecule has 0 aromatic heterocycles. The van der Waals surface area contributed by atoms with Crippen LogP contribution in [0.5, 0.6) is 0 Å². The molecular formula is C14H18N2O3. The summed E-state index contributed by atoms with van der Waals surface area (Å²) in [6.07, 6.45) is 1.51. The van der Waals surface area contributed by atoms with Crippen LogP contribution in [0.3, 0.4) is 0 Å². The lowest BCUT2D eigenvalue weighted by Gasteiger charge is -2.26. The fraction of sp³-hybridized carbons (Fsp3) is 0.429. The van der Waals surface area contributed by atoms with Gasteiger partial charge in [-0.2, -0.15) is 0 Å². The van der Waals surface area contributed by atoms with Gasteiger partial charge in [-0.25, -0.2) is 0 Å². The predicted molar refractivity (Wildman–Crippen MR) is 71.8 cm³/mol. The minimum absolute atomic E-state index is 0.0533. The maximum Gasteiger partial charge on any atom is 0.305 e. The number of hydrogen-bond acceptors (Lipinski definition) is 3. The average Bonchev–Trinajstić information content (AvgIpc) is 3.20. The third-order valence-corrected chi connectivity index (χ3v) is 3.56. The number of rotatable bonds is 6. The molecule has 1 fully saturated rings. The normalized spacial score (nSPS) is 15.8. The summed E-state index contributed by atoms with van der Waals surface area (Å²) in [5, 5.41) is 8.80. The van der Waals surface area contributed by atoms with Crippen molar-refractivity contribution in [2.24, 2.45) is 11.1 Å². The number of carbonyl (C=O) groups excluding carboxylic acids is 1. The van der Waals surface area contributed by atoms with Crippen LogP contribution in [-0.4, -0.2) is 30.1 Å². The van der Waals surface area contributed by atoms with E-state index in [-0.39, 0.29) is 18.9 Å². The lowest BCUT2D eigenvalue weighted by Crippen LogP contribution is -2.41. The van der Waals surface area contributed by atoms with E-state index in [1.54, 1.807) is 4.90 Å². The smallest absolute Gasteiger partial charge is 0.305 e. The SMILES string of the molecule is NCC1(C(=O)N(CCC(=O)O)c2ccccc2)CC1. The Morgan fingerprint density at radius 1 is 1.26 bits per heavy atom. The number of anilines is 1. The second-order valence-corrected chi connectivity index (χ2v) is 4.92. The molecule has 0 saturated heterocycles. The molecule has 3 N–H and O–H groups in total. The molecule has 0 spiro atoms. The molecule has 1 aliphatic rings. The van der Waals surface area contributed by atoms with Crippen LogP contribution >= 0.6 is 0 Å². The molecule has 1 aromatic rings. The fourth-order valence-corrected chi connectivity index (χ4v) is 2.11. The van der Waals surface area contributed by atoms with Crippen molar-refractivity contribution >= 4 is 17.6 Å². The van der Waals surface area contributed by atoms with E-state index < -0.39 is 11.4 Å². The van der Waals surface area contributed by atoms with Gasteiger partial charge in [0.1, 0.15) is 0 Å². The van der Waals surface area contributed by atoms with Crippen molar-refractivity contribution < 1.29 is 14.7 Å². The van der Waals surface area contributed by atoms with Crippen molar-refractivity contribution in [2.75, 3.05) is 18.0 Å². The van der Waals surface area contributed by atoms with E-state index in [0.717, 1.165) is 18.5 Å². The number of para-hydroxylation sites is 1.